The van der Waals surface area contributed by atoms with E-state index in [0.29, 0.717) is 0 Å². The van der Waals surface area contributed by atoms with Crippen molar-refractivity contribution in [3.8, 4) is 17.3 Å². The normalized spacial score (nSPS) is 11.8. The molecule has 0 fully saturated rings. The van der Waals surface area contributed by atoms with Crippen LogP contribution in [0.2, 0.25) is 0 Å². The molecule has 3 rings (SSSR count). The highest BCUT2D eigenvalue weighted by Crippen LogP contribution is 2.41. The zero-order valence-corrected chi connectivity index (χ0v) is 10.5. The van der Waals surface area contributed by atoms with Gasteiger partial charge >= 0.3 is 0 Å². The van der Waals surface area contributed by atoms with Gasteiger partial charge in [-0.25, -0.2) is 4.98 Å². The molecule has 0 spiro atoms. The van der Waals surface area contributed by atoms with Gasteiger partial charge in [-0.15, -0.1) is 11.3 Å². The minimum absolute atomic E-state index is 0.728. The highest BCUT2D eigenvalue weighted by molar-refractivity contribution is 7.16. The number of benzene rings is 1. The first-order chi connectivity index (χ1) is 8.19. The third kappa shape index (κ3) is 1.51. The quantitative estimate of drug-likeness (QED) is 0.657. The fourth-order valence-electron chi connectivity index (χ4n) is 2.07. The van der Waals surface area contributed by atoms with Crippen molar-refractivity contribution >= 4 is 16.5 Å². The molecule has 17 heavy (non-hydrogen) atoms. The van der Waals surface area contributed by atoms with Crippen molar-refractivity contribution in [3.05, 3.63) is 34.2 Å². The van der Waals surface area contributed by atoms with Gasteiger partial charge in [-0.2, -0.15) is 5.26 Å². The monoisotopic (exact) mass is 241 g/mol. The first-order valence-electron chi connectivity index (χ1n) is 5.39. The van der Waals surface area contributed by atoms with Crippen molar-refractivity contribution in [2.75, 3.05) is 19.0 Å². The molecule has 1 aromatic carbocycles. The lowest BCUT2D eigenvalue weighted by Crippen LogP contribution is -2.07. The summed E-state index contributed by atoms with van der Waals surface area (Å²) < 4.78 is 0. The second-order valence-electron chi connectivity index (χ2n) is 4.32. The number of thiazole rings is 1. The SMILES string of the molecule is CN(C)c1nc2c(s1)Cc1cc(C#N)ccc1-2. The van der Waals surface area contributed by atoms with Crippen LogP contribution in [0.3, 0.4) is 0 Å². The maximum Gasteiger partial charge on any atom is 0.185 e. The van der Waals surface area contributed by atoms with E-state index in [1.807, 2.05) is 37.2 Å². The summed E-state index contributed by atoms with van der Waals surface area (Å²) >= 11 is 1.73. The van der Waals surface area contributed by atoms with Gasteiger partial charge in [0.1, 0.15) is 0 Å². The summed E-state index contributed by atoms with van der Waals surface area (Å²) in [6.45, 7) is 0. The number of hydrogen-bond acceptors (Lipinski definition) is 4. The third-order valence-corrected chi connectivity index (χ3v) is 4.13. The Balaban J connectivity index is 2.11. The van der Waals surface area contributed by atoms with Gasteiger partial charge in [0.15, 0.2) is 5.13 Å². The predicted octanol–water partition coefficient (Wildman–Crippen LogP) is 2.65. The van der Waals surface area contributed by atoms with Gasteiger partial charge in [0.05, 0.1) is 17.3 Å². The second-order valence-corrected chi connectivity index (χ2v) is 5.39. The number of nitriles is 1. The summed E-state index contributed by atoms with van der Waals surface area (Å²) in [7, 11) is 4.02. The van der Waals surface area contributed by atoms with Gasteiger partial charge in [0, 0.05) is 31.0 Å². The second kappa shape index (κ2) is 3.57. The Morgan fingerprint density at radius 2 is 2.24 bits per heavy atom. The molecule has 1 aliphatic carbocycles. The van der Waals surface area contributed by atoms with E-state index in [1.165, 1.54) is 16.0 Å². The molecule has 0 aliphatic heterocycles. The lowest BCUT2D eigenvalue weighted by atomic mass is 10.1. The minimum atomic E-state index is 0.728. The van der Waals surface area contributed by atoms with Crippen LogP contribution < -0.4 is 4.90 Å². The zero-order valence-electron chi connectivity index (χ0n) is 9.69. The van der Waals surface area contributed by atoms with E-state index < -0.39 is 0 Å². The molecule has 0 saturated heterocycles. The summed E-state index contributed by atoms with van der Waals surface area (Å²) in [4.78, 5) is 7.99. The van der Waals surface area contributed by atoms with Gasteiger partial charge in [0.25, 0.3) is 0 Å². The summed E-state index contributed by atoms with van der Waals surface area (Å²) in [6.07, 6.45) is 0.908. The van der Waals surface area contributed by atoms with Gasteiger partial charge in [0.2, 0.25) is 0 Å². The van der Waals surface area contributed by atoms with Crippen LogP contribution in [0.15, 0.2) is 18.2 Å². The lowest BCUT2D eigenvalue weighted by molar-refractivity contribution is 1.11. The smallest absolute Gasteiger partial charge is 0.185 e. The average molecular weight is 241 g/mol. The number of aromatic nitrogens is 1. The summed E-state index contributed by atoms with van der Waals surface area (Å²) in [6, 6.07) is 8.03. The maximum atomic E-state index is 8.88. The van der Waals surface area contributed by atoms with Crippen LogP contribution in [0.5, 0.6) is 0 Å². The van der Waals surface area contributed by atoms with Gasteiger partial charge < -0.3 is 4.90 Å². The van der Waals surface area contributed by atoms with E-state index in [0.717, 1.165) is 22.8 Å². The molecule has 0 N–H and O–H groups in total. The fraction of sp³-hybridized carbons (Fsp3) is 0.231. The van der Waals surface area contributed by atoms with Crippen LogP contribution in [0.4, 0.5) is 5.13 Å². The number of anilines is 1. The standard InChI is InChI=1S/C13H11N3S/c1-16(2)13-15-12-10-4-3-8(7-14)5-9(10)6-11(12)17-13/h3-5H,6H2,1-2H3. The highest BCUT2D eigenvalue weighted by Gasteiger charge is 2.23. The lowest BCUT2D eigenvalue weighted by Gasteiger charge is -2.06. The largest absolute Gasteiger partial charge is 0.354 e. The molecular formula is C13H11N3S. The molecule has 0 atom stereocenters. The number of rotatable bonds is 1. The molecule has 1 aliphatic rings. The van der Waals surface area contributed by atoms with Crippen molar-refractivity contribution in [2.45, 2.75) is 6.42 Å². The van der Waals surface area contributed by atoms with Gasteiger partial charge in [-0.05, 0) is 17.7 Å². The van der Waals surface area contributed by atoms with E-state index in [4.69, 9.17) is 5.26 Å². The van der Waals surface area contributed by atoms with Crippen molar-refractivity contribution in [3.63, 3.8) is 0 Å². The summed E-state index contributed by atoms with van der Waals surface area (Å²) in [5, 5.41) is 9.93. The van der Waals surface area contributed by atoms with Crippen LogP contribution in [-0.4, -0.2) is 19.1 Å². The predicted molar refractivity (Wildman–Crippen MR) is 69.4 cm³/mol. The average Bonchev–Trinajstić information content (AvgIpc) is 2.84. The Labute approximate surface area is 104 Å². The van der Waals surface area contributed by atoms with Gasteiger partial charge in [-0.3, -0.25) is 0 Å². The van der Waals surface area contributed by atoms with Crippen LogP contribution in [0.1, 0.15) is 16.0 Å². The van der Waals surface area contributed by atoms with E-state index in [2.05, 4.69) is 11.1 Å². The first-order valence-corrected chi connectivity index (χ1v) is 6.21. The van der Waals surface area contributed by atoms with E-state index in [-0.39, 0.29) is 0 Å². The summed E-state index contributed by atoms with van der Waals surface area (Å²) in [5.74, 6) is 0. The van der Waals surface area contributed by atoms with Crippen LogP contribution in [0, 0.1) is 11.3 Å². The van der Waals surface area contributed by atoms with Crippen molar-refractivity contribution in [1.82, 2.24) is 4.98 Å². The number of fused-ring (bicyclic) bond motifs is 3. The molecule has 1 heterocycles. The molecule has 4 heteroatoms. The molecular weight excluding hydrogens is 230 g/mol. The van der Waals surface area contributed by atoms with Crippen LogP contribution in [0.25, 0.3) is 11.3 Å². The molecule has 84 valence electrons. The minimum Gasteiger partial charge on any atom is -0.354 e. The van der Waals surface area contributed by atoms with E-state index in [9.17, 15) is 0 Å². The number of hydrogen-bond donors (Lipinski definition) is 0. The Hall–Kier alpha value is -1.86. The first kappa shape index (κ1) is 10.3. The molecule has 0 amide bonds. The van der Waals surface area contributed by atoms with E-state index >= 15 is 0 Å². The fourth-order valence-corrected chi connectivity index (χ4v) is 3.09. The topological polar surface area (TPSA) is 39.9 Å². The molecule has 3 nitrogen and oxygen atoms in total. The molecule has 0 bridgehead atoms. The van der Waals surface area contributed by atoms with Crippen LogP contribution in [-0.2, 0) is 6.42 Å². The zero-order chi connectivity index (χ0) is 12.0. The Kier molecular flexibility index (Phi) is 2.17. The molecule has 0 saturated carbocycles. The maximum absolute atomic E-state index is 8.88. The molecule has 1 aromatic heterocycles. The van der Waals surface area contributed by atoms with Crippen molar-refractivity contribution in [2.24, 2.45) is 0 Å². The van der Waals surface area contributed by atoms with Crippen LogP contribution >= 0.6 is 11.3 Å². The van der Waals surface area contributed by atoms with E-state index in [1.54, 1.807) is 11.3 Å². The Morgan fingerprint density at radius 3 is 2.94 bits per heavy atom. The molecule has 0 radical (unpaired) electrons. The third-order valence-electron chi connectivity index (χ3n) is 2.91. The Morgan fingerprint density at radius 1 is 1.41 bits per heavy atom. The Bertz CT molecular complexity index is 635. The summed E-state index contributed by atoms with van der Waals surface area (Å²) in [5.41, 5.74) is 4.23. The van der Waals surface area contributed by atoms with Crippen molar-refractivity contribution in [1.29, 1.82) is 5.26 Å². The molecule has 0 unspecified atom stereocenters. The highest BCUT2D eigenvalue weighted by atomic mass is 32.1. The number of nitrogens with zero attached hydrogens (tertiary/aromatic N) is 3. The molecule has 2 aromatic rings. The van der Waals surface area contributed by atoms with Gasteiger partial charge in [-0.1, -0.05) is 6.07 Å². The van der Waals surface area contributed by atoms with Crippen molar-refractivity contribution < 1.29 is 0 Å².